The van der Waals surface area contributed by atoms with E-state index in [9.17, 15) is 14.0 Å². The Morgan fingerprint density at radius 3 is 2.57 bits per heavy atom. The Morgan fingerprint density at radius 2 is 1.80 bits per heavy atom. The first kappa shape index (κ1) is 21.0. The number of nitrogens with zero attached hydrogens (tertiary/aromatic N) is 1. The number of nitrogens with one attached hydrogen (secondary N) is 2. The molecule has 0 aliphatic carbocycles. The molecule has 2 aromatic carbocycles. The molecule has 0 spiro atoms. The smallest absolute Gasteiger partial charge is 0.276 e. The monoisotopic (exact) mass is 411 g/mol. The minimum Gasteiger partial charge on any atom is -0.483 e. The second-order valence-electron chi connectivity index (χ2n) is 6.78. The van der Waals surface area contributed by atoms with Crippen LogP contribution in [0.4, 0.5) is 4.39 Å². The predicted octanol–water partition coefficient (Wildman–Crippen LogP) is 3.26. The Morgan fingerprint density at radius 1 is 1.07 bits per heavy atom. The van der Waals surface area contributed by atoms with Gasteiger partial charge >= 0.3 is 0 Å². The lowest BCUT2D eigenvalue weighted by molar-refractivity contribution is -0.130. The molecule has 0 aliphatic rings. The van der Waals surface area contributed by atoms with Crippen LogP contribution >= 0.6 is 0 Å². The van der Waals surface area contributed by atoms with Crippen LogP contribution in [0.15, 0.2) is 53.1 Å². The normalized spacial score (nSPS) is 10.5. The van der Waals surface area contributed by atoms with Crippen molar-refractivity contribution in [2.24, 2.45) is 0 Å². The molecule has 0 bridgehead atoms. The molecule has 0 fully saturated rings. The Balaban J connectivity index is 1.40. The van der Waals surface area contributed by atoms with E-state index in [1.54, 1.807) is 12.1 Å². The van der Waals surface area contributed by atoms with Gasteiger partial charge in [0.05, 0.1) is 6.20 Å². The molecular weight excluding hydrogens is 389 g/mol. The Labute approximate surface area is 173 Å². The Kier molecular flexibility index (Phi) is 6.79. The maximum Gasteiger partial charge on any atom is 0.276 e. The topological polar surface area (TPSA) is 93.5 Å². The fraction of sp³-hybridized carbons (Fsp3) is 0.227. The summed E-state index contributed by atoms with van der Waals surface area (Å²) < 4.78 is 24.0. The molecule has 0 unspecified atom stereocenters. The molecule has 3 aromatic rings. The summed E-state index contributed by atoms with van der Waals surface area (Å²) >= 11 is 0. The van der Waals surface area contributed by atoms with E-state index in [4.69, 9.17) is 9.15 Å². The highest BCUT2D eigenvalue weighted by Gasteiger charge is 2.11. The van der Waals surface area contributed by atoms with Crippen molar-refractivity contribution in [2.45, 2.75) is 26.7 Å². The predicted molar refractivity (Wildman–Crippen MR) is 108 cm³/mol. The molecule has 2 N–H and O–H groups in total. The van der Waals surface area contributed by atoms with Crippen LogP contribution in [-0.2, 0) is 16.0 Å². The van der Waals surface area contributed by atoms with Crippen molar-refractivity contribution in [1.82, 2.24) is 15.8 Å². The minimum absolute atomic E-state index is 0.0709. The van der Waals surface area contributed by atoms with Crippen LogP contribution in [0.25, 0.3) is 11.3 Å². The van der Waals surface area contributed by atoms with Crippen molar-refractivity contribution < 1.29 is 23.1 Å². The van der Waals surface area contributed by atoms with E-state index in [-0.39, 0.29) is 25.3 Å². The number of carbonyl (C=O) groups excluding carboxylic acids is 2. The molecule has 156 valence electrons. The number of amides is 2. The van der Waals surface area contributed by atoms with Gasteiger partial charge in [0.1, 0.15) is 11.6 Å². The van der Waals surface area contributed by atoms with Crippen LogP contribution in [0.5, 0.6) is 5.75 Å². The van der Waals surface area contributed by atoms with Gasteiger partial charge in [-0.1, -0.05) is 12.1 Å². The van der Waals surface area contributed by atoms with Crippen LogP contribution in [-0.4, -0.2) is 23.4 Å². The largest absolute Gasteiger partial charge is 0.483 e. The van der Waals surface area contributed by atoms with Crippen molar-refractivity contribution >= 4 is 11.8 Å². The molecule has 8 heteroatoms. The van der Waals surface area contributed by atoms with E-state index in [1.165, 1.54) is 18.3 Å². The van der Waals surface area contributed by atoms with Crippen LogP contribution in [0.3, 0.4) is 0 Å². The molecule has 7 nitrogen and oxygen atoms in total. The molecule has 3 rings (SSSR count). The van der Waals surface area contributed by atoms with Gasteiger partial charge in [-0.15, -0.1) is 0 Å². The summed E-state index contributed by atoms with van der Waals surface area (Å²) in [5.74, 6) is 0.279. The molecule has 1 heterocycles. The van der Waals surface area contributed by atoms with E-state index >= 15 is 0 Å². The third-order valence-electron chi connectivity index (χ3n) is 4.29. The molecule has 1 aromatic heterocycles. The first-order valence-corrected chi connectivity index (χ1v) is 9.39. The fourth-order valence-electron chi connectivity index (χ4n) is 2.64. The van der Waals surface area contributed by atoms with Crippen molar-refractivity contribution in [2.75, 3.05) is 6.61 Å². The fourth-order valence-corrected chi connectivity index (χ4v) is 2.64. The number of aromatic nitrogens is 1. The number of hydrazine groups is 1. The zero-order chi connectivity index (χ0) is 21.5. The maximum atomic E-state index is 13.0. The van der Waals surface area contributed by atoms with Crippen molar-refractivity contribution in [3.05, 3.63) is 71.5 Å². The van der Waals surface area contributed by atoms with Gasteiger partial charge in [0.2, 0.25) is 5.91 Å². The first-order chi connectivity index (χ1) is 14.4. The van der Waals surface area contributed by atoms with Crippen molar-refractivity contribution in [3.8, 4) is 17.1 Å². The number of oxazole rings is 1. The zero-order valence-corrected chi connectivity index (χ0v) is 16.7. The highest BCUT2D eigenvalue weighted by Crippen LogP contribution is 2.21. The molecular formula is C22H22FN3O4. The number of hydrogen-bond donors (Lipinski definition) is 2. The van der Waals surface area contributed by atoms with E-state index < -0.39 is 11.8 Å². The highest BCUT2D eigenvalue weighted by molar-refractivity contribution is 5.82. The first-order valence-electron chi connectivity index (χ1n) is 9.39. The Bertz CT molecular complexity index is 1030. The number of hydrogen-bond acceptors (Lipinski definition) is 5. The third kappa shape index (κ3) is 5.91. The molecule has 30 heavy (non-hydrogen) atoms. The number of rotatable bonds is 7. The summed E-state index contributed by atoms with van der Waals surface area (Å²) in [6.45, 7) is 3.60. The van der Waals surface area contributed by atoms with E-state index in [1.807, 2.05) is 32.0 Å². The number of aryl methyl sites for hydroxylation is 3. The third-order valence-corrected chi connectivity index (χ3v) is 4.29. The zero-order valence-electron chi connectivity index (χ0n) is 16.7. The van der Waals surface area contributed by atoms with Crippen molar-refractivity contribution in [3.63, 3.8) is 0 Å². The van der Waals surface area contributed by atoms with Gasteiger partial charge in [-0.3, -0.25) is 20.4 Å². The number of carbonyl (C=O) groups is 2. The molecule has 2 amide bonds. The molecule has 0 radical (unpaired) electrons. The van der Waals surface area contributed by atoms with E-state index in [0.29, 0.717) is 23.0 Å². The van der Waals surface area contributed by atoms with Crippen LogP contribution in [0, 0.1) is 19.7 Å². The van der Waals surface area contributed by atoms with E-state index in [2.05, 4.69) is 15.8 Å². The lowest BCUT2D eigenvalue weighted by atomic mass is 10.1. The summed E-state index contributed by atoms with van der Waals surface area (Å²) in [6, 6.07) is 11.5. The highest BCUT2D eigenvalue weighted by atomic mass is 19.1. The molecule has 0 atom stereocenters. The van der Waals surface area contributed by atoms with Gasteiger partial charge in [0, 0.05) is 18.4 Å². The summed E-state index contributed by atoms with van der Waals surface area (Å²) in [5, 5.41) is 0. The lowest BCUT2D eigenvalue weighted by Crippen LogP contribution is -2.43. The average Bonchev–Trinajstić information content (AvgIpc) is 3.21. The molecule has 0 saturated heterocycles. The molecule has 0 saturated carbocycles. The van der Waals surface area contributed by atoms with Crippen LogP contribution < -0.4 is 15.6 Å². The van der Waals surface area contributed by atoms with Crippen LogP contribution in [0.2, 0.25) is 0 Å². The summed E-state index contributed by atoms with van der Waals surface area (Å²) in [7, 11) is 0. The van der Waals surface area contributed by atoms with E-state index in [0.717, 1.165) is 11.1 Å². The van der Waals surface area contributed by atoms with Gasteiger partial charge in [0.25, 0.3) is 5.91 Å². The lowest BCUT2D eigenvalue weighted by Gasteiger charge is -2.10. The van der Waals surface area contributed by atoms with Gasteiger partial charge in [0.15, 0.2) is 18.3 Å². The number of ether oxygens (including phenoxy) is 1. The number of halogens is 1. The summed E-state index contributed by atoms with van der Waals surface area (Å²) in [4.78, 5) is 27.9. The quantitative estimate of drug-likeness (QED) is 0.582. The summed E-state index contributed by atoms with van der Waals surface area (Å²) in [6.07, 6.45) is 1.84. The maximum absolute atomic E-state index is 13.0. The standard InChI is InChI=1S/C22H22FN3O4/c1-14-3-4-15(2)18(11-14)29-13-21(28)26-25-20(27)9-10-22-24-12-19(30-22)16-5-7-17(23)8-6-16/h3-8,11-12H,9-10,13H2,1-2H3,(H,25,27)(H,26,28). The summed E-state index contributed by atoms with van der Waals surface area (Å²) in [5.41, 5.74) is 7.28. The second kappa shape index (κ2) is 9.69. The van der Waals surface area contributed by atoms with Gasteiger partial charge in [-0.2, -0.15) is 0 Å². The second-order valence-corrected chi connectivity index (χ2v) is 6.78. The average molecular weight is 411 g/mol. The van der Waals surface area contributed by atoms with Gasteiger partial charge in [-0.05, 0) is 55.3 Å². The minimum atomic E-state index is -0.473. The van der Waals surface area contributed by atoms with Gasteiger partial charge < -0.3 is 9.15 Å². The SMILES string of the molecule is Cc1ccc(C)c(OCC(=O)NNC(=O)CCc2ncc(-c3ccc(F)cc3)o2)c1. The van der Waals surface area contributed by atoms with Crippen LogP contribution in [0.1, 0.15) is 23.4 Å². The van der Waals surface area contributed by atoms with Crippen molar-refractivity contribution in [1.29, 1.82) is 0 Å². The number of benzene rings is 2. The van der Waals surface area contributed by atoms with Gasteiger partial charge in [-0.25, -0.2) is 9.37 Å². The molecule has 0 aliphatic heterocycles. The Hall–Kier alpha value is -3.68.